The van der Waals surface area contributed by atoms with Crippen LogP contribution in [0.4, 0.5) is 0 Å². The van der Waals surface area contributed by atoms with Crippen molar-refractivity contribution >= 4 is 5.91 Å². The molecule has 1 aliphatic rings. The van der Waals surface area contributed by atoms with Gasteiger partial charge in [0.2, 0.25) is 5.91 Å². The van der Waals surface area contributed by atoms with Gasteiger partial charge < -0.3 is 15.2 Å². The lowest BCUT2D eigenvalue weighted by molar-refractivity contribution is -0.121. The van der Waals surface area contributed by atoms with E-state index in [4.69, 9.17) is 0 Å². The van der Waals surface area contributed by atoms with E-state index in [9.17, 15) is 4.79 Å². The number of amides is 1. The standard InChI is InChI=1S/C12H20N4O/c17-12(15-11-2-3-11)4-6-13-5-1-8-16-9-7-14-10-16/h7,9-11,13H,1-6,8H2,(H,15,17). The molecular formula is C12H20N4O. The summed E-state index contributed by atoms with van der Waals surface area (Å²) in [6.45, 7) is 2.68. The average molecular weight is 236 g/mol. The van der Waals surface area contributed by atoms with Gasteiger partial charge in [-0.05, 0) is 25.8 Å². The van der Waals surface area contributed by atoms with Crippen molar-refractivity contribution in [2.75, 3.05) is 13.1 Å². The minimum atomic E-state index is 0.176. The molecule has 1 aromatic heterocycles. The summed E-state index contributed by atoms with van der Waals surface area (Å²) in [5, 5.41) is 6.25. The van der Waals surface area contributed by atoms with Gasteiger partial charge in [-0.2, -0.15) is 0 Å². The maximum Gasteiger partial charge on any atom is 0.221 e. The van der Waals surface area contributed by atoms with Crippen molar-refractivity contribution in [3.8, 4) is 0 Å². The van der Waals surface area contributed by atoms with Crippen LogP contribution in [0, 0.1) is 0 Å². The molecule has 1 saturated carbocycles. The maximum absolute atomic E-state index is 11.3. The number of hydrogen-bond acceptors (Lipinski definition) is 3. The van der Waals surface area contributed by atoms with Gasteiger partial charge in [-0.15, -0.1) is 0 Å². The molecule has 0 aliphatic heterocycles. The average Bonchev–Trinajstić information content (AvgIpc) is 2.96. The first kappa shape index (κ1) is 12.1. The van der Waals surface area contributed by atoms with E-state index in [1.165, 1.54) is 0 Å². The Morgan fingerprint density at radius 3 is 3.00 bits per heavy atom. The summed E-state index contributed by atoms with van der Waals surface area (Å²) >= 11 is 0. The Kier molecular flexibility index (Phi) is 4.55. The summed E-state index contributed by atoms with van der Waals surface area (Å²) in [6, 6.07) is 0.476. The first-order valence-corrected chi connectivity index (χ1v) is 6.30. The van der Waals surface area contributed by atoms with Gasteiger partial charge in [-0.1, -0.05) is 0 Å². The first-order chi connectivity index (χ1) is 8.34. The predicted molar refractivity (Wildman–Crippen MR) is 65.5 cm³/mol. The molecule has 1 fully saturated rings. The Bertz CT molecular complexity index is 332. The number of imidazole rings is 1. The van der Waals surface area contributed by atoms with Crippen LogP contribution >= 0.6 is 0 Å². The van der Waals surface area contributed by atoms with Gasteiger partial charge in [0.1, 0.15) is 0 Å². The predicted octanol–water partition coefficient (Wildman–Crippen LogP) is 0.531. The molecule has 94 valence electrons. The van der Waals surface area contributed by atoms with Gasteiger partial charge in [0.15, 0.2) is 0 Å². The molecule has 17 heavy (non-hydrogen) atoms. The lowest BCUT2D eigenvalue weighted by atomic mass is 10.3. The number of aryl methyl sites for hydroxylation is 1. The van der Waals surface area contributed by atoms with Gasteiger partial charge in [0.25, 0.3) is 0 Å². The van der Waals surface area contributed by atoms with Crippen LogP contribution in [0.15, 0.2) is 18.7 Å². The third-order valence-corrected chi connectivity index (χ3v) is 2.80. The van der Waals surface area contributed by atoms with E-state index in [1.54, 1.807) is 6.20 Å². The number of aromatic nitrogens is 2. The Hall–Kier alpha value is -1.36. The molecule has 2 N–H and O–H groups in total. The van der Waals surface area contributed by atoms with Gasteiger partial charge in [0.05, 0.1) is 6.33 Å². The minimum Gasteiger partial charge on any atom is -0.353 e. The van der Waals surface area contributed by atoms with E-state index in [0.717, 1.165) is 38.9 Å². The van der Waals surface area contributed by atoms with Crippen molar-refractivity contribution < 1.29 is 4.79 Å². The normalized spacial score (nSPS) is 14.8. The Balaban J connectivity index is 1.42. The van der Waals surface area contributed by atoms with Crippen molar-refractivity contribution in [2.24, 2.45) is 0 Å². The summed E-state index contributed by atoms with van der Waals surface area (Å²) in [7, 11) is 0. The van der Waals surface area contributed by atoms with Crippen LogP contribution in [0.2, 0.25) is 0 Å². The molecular weight excluding hydrogens is 216 g/mol. The number of rotatable bonds is 8. The number of nitrogens with one attached hydrogen (secondary N) is 2. The van der Waals surface area contributed by atoms with Crippen molar-refractivity contribution in [2.45, 2.75) is 38.3 Å². The second-order valence-electron chi connectivity index (χ2n) is 4.50. The fraction of sp³-hybridized carbons (Fsp3) is 0.667. The van der Waals surface area contributed by atoms with Crippen LogP contribution in [0.1, 0.15) is 25.7 Å². The SMILES string of the molecule is O=C(CCNCCCn1ccnc1)NC1CC1. The largest absolute Gasteiger partial charge is 0.353 e. The monoisotopic (exact) mass is 236 g/mol. The number of carbonyl (C=O) groups is 1. The molecule has 5 nitrogen and oxygen atoms in total. The van der Waals surface area contributed by atoms with Crippen molar-refractivity contribution in [3.63, 3.8) is 0 Å². The van der Waals surface area contributed by atoms with Gasteiger partial charge >= 0.3 is 0 Å². The maximum atomic E-state index is 11.3. The smallest absolute Gasteiger partial charge is 0.221 e. The molecule has 0 spiro atoms. The third-order valence-electron chi connectivity index (χ3n) is 2.80. The van der Waals surface area contributed by atoms with Gasteiger partial charge in [-0.25, -0.2) is 4.98 Å². The third kappa shape index (κ3) is 4.99. The van der Waals surface area contributed by atoms with E-state index < -0.39 is 0 Å². The Labute approximate surface area is 102 Å². The first-order valence-electron chi connectivity index (χ1n) is 6.30. The molecule has 1 amide bonds. The second kappa shape index (κ2) is 6.39. The zero-order chi connectivity index (χ0) is 11.9. The highest BCUT2D eigenvalue weighted by molar-refractivity contribution is 5.76. The van der Waals surface area contributed by atoms with Crippen molar-refractivity contribution in [3.05, 3.63) is 18.7 Å². The summed E-state index contributed by atoms with van der Waals surface area (Å²) in [6.07, 6.45) is 9.53. The highest BCUT2D eigenvalue weighted by Crippen LogP contribution is 2.18. The van der Waals surface area contributed by atoms with Crippen molar-refractivity contribution in [1.29, 1.82) is 0 Å². The highest BCUT2D eigenvalue weighted by Gasteiger charge is 2.22. The van der Waals surface area contributed by atoms with Crippen LogP contribution < -0.4 is 10.6 Å². The molecule has 1 aromatic rings. The molecule has 0 bridgehead atoms. The topological polar surface area (TPSA) is 59.0 Å². The van der Waals surface area contributed by atoms with Gasteiger partial charge in [0, 0.05) is 37.9 Å². The quantitative estimate of drug-likeness (QED) is 0.647. The zero-order valence-electron chi connectivity index (χ0n) is 10.1. The highest BCUT2D eigenvalue weighted by atomic mass is 16.1. The summed E-state index contributed by atoms with van der Waals surface area (Å²) < 4.78 is 2.06. The number of nitrogens with zero attached hydrogens (tertiary/aromatic N) is 2. The fourth-order valence-electron chi connectivity index (χ4n) is 1.66. The van der Waals surface area contributed by atoms with Crippen LogP contribution in [0.25, 0.3) is 0 Å². The number of hydrogen-bond donors (Lipinski definition) is 2. The molecule has 0 unspecified atom stereocenters. The molecule has 0 radical (unpaired) electrons. The molecule has 5 heteroatoms. The van der Waals surface area contributed by atoms with Crippen LogP contribution in [0.5, 0.6) is 0 Å². The van der Waals surface area contributed by atoms with E-state index in [-0.39, 0.29) is 5.91 Å². The lowest BCUT2D eigenvalue weighted by Crippen LogP contribution is -2.29. The van der Waals surface area contributed by atoms with Gasteiger partial charge in [-0.3, -0.25) is 4.79 Å². The van der Waals surface area contributed by atoms with E-state index in [1.807, 2.05) is 12.5 Å². The summed E-state index contributed by atoms with van der Waals surface area (Å²) in [5.74, 6) is 0.176. The van der Waals surface area contributed by atoms with E-state index in [0.29, 0.717) is 12.5 Å². The number of carbonyl (C=O) groups excluding carboxylic acids is 1. The lowest BCUT2D eigenvalue weighted by Gasteiger charge is -2.05. The summed E-state index contributed by atoms with van der Waals surface area (Å²) in [5.41, 5.74) is 0. The Morgan fingerprint density at radius 2 is 2.29 bits per heavy atom. The Morgan fingerprint density at radius 1 is 1.41 bits per heavy atom. The zero-order valence-corrected chi connectivity index (χ0v) is 10.1. The van der Waals surface area contributed by atoms with Crippen LogP contribution in [0.3, 0.4) is 0 Å². The van der Waals surface area contributed by atoms with Crippen LogP contribution in [-0.2, 0) is 11.3 Å². The minimum absolute atomic E-state index is 0.176. The second-order valence-corrected chi connectivity index (χ2v) is 4.50. The summed E-state index contributed by atoms with van der Waals surface area (Å²) in [4.78, 5) is 15.3. The molecule has 1 heterocycles. The van der Waals surface area contributed by atoms with Crippen LogP contribution in [-0.4, -0.2) is 34.6 Å². The molecule has 1 aliphatic carbocycles. The molecule has 0 atom stereocenters. The molecule has 0 aromatic carbocycles. The molecule has 0 saturated heterocycles. The van der Waals surface area contributed by atoms with E-state index in [2.05, 4.69) is 20.2 Å². The van der Waals surface area contributed by atoms with E-state index >= 15 is 0 Å². The van der Waals surface area contributed by atoms with Crippen molar-refractivity contribution in [1.82, 2.24) is 20.2 Å². The fourth-order valence-corrected chi connectivity index (χ4v) is 1.66. The molecule has 2 rings (SSSR count).